The van der Waals surface area contributed by atoms with Crippen LogP contribution in [0.3, 0.4) is 0 Å². The van der Waals surface area contributed by atoms with Crippen molar-refractivity contribution < 1.29 is 19.0 Å². The van der Waals surface area contributed by atoms with Gasteiger partial charge in [0.2, 0.25) is 10.5 Å². The molecule has 0 aliphatic rings. The van der Waals surface area contributed by atoms with Crippen LogP contribution in [0.5, 0.6) is 17.2 Å². The first kappa shape index (κ1) is 20.3. The molecule has 1 aromatic heterocycles. The quantitative estimate of drug-likeness (QED) is 0.287. The number of methoxy groups -OCH3 is 2. The monoisotopic (exact) mass is 412 g/mol. The molecule has 29 heavy (non-hydrogen) atoms. The van der Waals surface area contributed by atoms with Crippen LogP contribution in [-0.2, 0) is 4.79 Å². The van der Waals surface area contributed by atoms with E-state index >= 15 is 0 Å². The van der Waals surface area contributed by atoms with Gasteiger partial charge >= 0.3 is 5.97 Å². The molecule has 0 radical (unpaired) electrons. The van der Waals surface area contributed by atoms with Crippen LogP contribution in [0.2, 0.25) is 0 Å². The molecule has 1 heterocycles. The van der Waals surface area contributed by atoms with Crippen molar-refractivity contribution in [1.82, 2.24) is 14.9 Å². The summed E-state index contributed by atoms with van der Waals surface area (Å²) in [5.74, 6) is 1.00. The number of nitrogens with zero attached hydrogens (tertiary/aromatic N) is 3. The second-order valence-corrected chi connectivity index (χ2v) is 6.51. The third-order valence-electron chi connectivity index (χ3n) is 4.01. The molecule has 0 bridgehead atoms. The normalized spacial score (nSPS) is 10.9. The van der Waals surface area contributed by atoms with Gasteiger partial charge < -0.3 is 14.2 Å². The molecule has 9 heteroatoms. The third kappa shape index (κ3) is 4.52. The molecule has 0 atom stereocenters. The van der Waals surface area contributed by atoms with Gasteiger partial charge in [0.15, 0.2) is 17.3 Å². The number of ether oxygens (including phenoxy) is 3. The summed E-state index contributed by atoms with van der Waals surface area (Å²) in [7, 11) is 2.95. The standard InChI is InChI=1S/C20H20N4O4S/c1-12-5-7-15(8-6-12)19-22-23-20(29)24(19)21-11-14-9-16(26-3)18(28-13(2)25)17(10-14)27-4/h5-11H,1-4H3,(H,23,29)/b21-11+. The van der Waals surface area contributed by atoms with Gasteiger partial charge in [0, 0.05) is 18.1 Å². The molecule has 0 aliphatic carbocycles. The number of H-pyrrole nitrogens is 1. The van der Waals surface area contributed by atoms with Gasteiger partial charge in [0.1, 0.15) is 0 Å². The average Bonchev–Trinajstić information content (AvgIpc) is 3.07. The fourth-order valence-electron chi connectivity index (χ4n) is 2.63. The lowest BCUT2D eigenvalue weighted by molar-refractivity contribution is -0.132. The van der Waals surface area contributed by atoms with Crippen LogP contribution >= 0.6 is 12.2 Å². The number of aromatic amines is 1. The number of aryl methyl sites for hydroxylation is 1. The Kier molecular flexibility index (Phi) is 6.08. The molecule has 0 saturated carbocycles. The molecule has 0 amide bonds. The van der Waals surface area contributed by atoms with Gasteiger partial charge in [-0.2, -0.15) is 14.9 Å². The van der Waals surface area contributed by atoms with E-state index in [0.29, 0.717) is 27.7 Å². The van der Waals surface area contributed by atoms with E-state index in [1.54, 1.807) is 18.3 Å². The Labute approximate surface area is 172 Å². The van der Waals surface area contributed by atoms with Gasteiger partial charge in [-0.25, -0.2) is 5.10 Å². The molecule has 3 rings (SSSR count). The SMILES string of the molecule is COc1cc(/C=N/n2c(-c3ccc(C)cc3)n[nH]c2=S)cc(OC)c1OC(C)=O. The summed E-state index contributed by atoms with van der Waals surface area (Å²) in [4.78, 5) is 11.4. The van der Waals surface area contributed by atoms with Crippen LogP contribution in [0, 0.1) is 11.7 Å². The third-order valence-corrected chi connectivity index (χ3v) is 4.28. The first-order valence-electron chi connectivity index (χ1n) is 8.66. The number of rotatable bonds is 6. The van der Waals surface area contributed by atoms with Crippen LogP contribution in [0.15, 0.2) is 41.5 Å². The largest absolute Gasteiger partial charge is 0.493 e. The van der Waals surface area contributed by atoms with Crippen molar-refractivity contribution in [1.29, 1.82) is 0 Å². The minimum absolute atomic E-state index is 0.208. The van der Waals surface area contributed by atoms with E-state index in [-0.39, 0.29) is 5.75 Å². The Bertz CT molecular complexity index is 1090. The minimum Gasteiger partial charge on any atom is -0.493 e. The molecule has 1 N–H and O–H groups in total. The van der Waals surface area contributed by atoms with E-state index in [2.05, 4.69) is 15.3 Å². The van der Waals surface area contributed by atoms with E-state index < -0.39 is 5.97 Å². The average molecular weight is 412 g/mol. The molecule has 8 nitrogen and oxygen atoms in total. The smallest absolute Gasteiger partial charge is 0.308 e. The molecular formula is C20H20N4O4S. The van der Waals surface area contributed by atoms with Gasteiger partial charge in [0.05, 0.1) is 20.4 Å². The maximum absolute atomic E-state index is 11.4. The highest BCUT2D eigenvalue weighted by atomic mass is 32.1. The molecule has 150 valence electrons. The number of nitrogens with one attached hydrogen (secondary N) is 1. The van der Waals surface area contributed by atoms with Crippen LogP contribution in [0.4, 0.5) is 0 Å². The van der Waals surface area contributed by atoms with Crippen LogP contribution in [-0.4, -0.2) is 41.3 Å². The number of esters is 1. The van der Waals surface area contributed by atoms with E-state index in [1.807, 2.05) is 31.2 Å². The van der Waals surface area contributed by atoms with Crippen molar-refractivity contribution in [2.45, 2.75) is 13.8 Å². The summed E-state index contributed by atoms with van der Waals surface area (Å²) in [6, 6.07) is 11.2. The highest BCUT2D eigenvalue weighted by Crippen LogP contribution is 2.38. The van der Waals surface area contributed by atoms with Gasteiger partial charge in [0.25, 0.3) is 0 Å². The van der Waals surface area contributed by atoms with Crippen molar-refractivity contribution in [3.63, 3.8) is 0 Å². The number of aromatic nitrogens is 3. The Morgan fingerprint density at radius 1 is 1.17 bits per heavy atom. The van der Waals surface area contributed by atoms with Gasteiger partial charge in [-0.3, -0.25) is 4.79 Å². The Balaban J connectivity index is 2.00. The second kappa shape index (κ2) is 8.70. The van der Waals surface area contributed by atoms with Crippen molar-refractivity contribution in [3.8, 4) is 28.6 Å². The Morgan fingerprint density at radius 2 is 1.79 bits per heavy atom. The summed E-state index contributed by atoms with van der Waals surface area (Å²) >= 11 is 5.30. The number of carbonyl (C=O) groups excluding carboxylic acids is 1. The lowest BCUT2D eigenvalue weighted by atomic mass is 10.1. The van der Waals surface area contributed by atoms with Gasteiger partial charge in [-0.1, -0.05) is 29.8 Å². The maximum atomic E-state index is 11.4. The van der Waals surface area contributed by atoms with Crippen molar-refractivity contribution in [2.75, 3.05) is 14.2 Å². The molecule has 0 spiro atoms. The van der Waals surface area contributed by atoms with Gasteiger partial charge in [-0.15, -0.1) is 0 Å². The zero-order valence-corrected chi connectivity index (χ0v) is 17.2. The van der Waals surface area contributed by atoms with Crippen LogP contribution < -0.4 is 14.2 Å². The summed E-state index contributed by atoms with van der Waals surface area (Å²) in [6.45, 7) is 3.32. The van der Waals surface area contributed by atoms with Crippen LogP contribution in [0.25, 0.3) is 11.4 Å². The highest BCUT2D eigenvalue weighted by Gasteiger charge is 2.16. The number of benzene rings is 2. The van der Waals surface area contributed by atoms with E-state index in [4.69, 9.17) is 26.4 Å². The van der Waals surface area contributed by atoms with Crippen LogP contribution in [0.1, 0.15) is 18.1 Å². The van der Waals surface area contributed by atoms with Gasteiger partial charge in [-0.05, 0) is 31.3 Å². The number of hydrogen-bond acceptors (Lipinski definition) is 7. The lowest BCUT2D eigenvalue weighted by Crippen LogP contribution is -2.05. The Morgan fingerprint density at radius 3 is 2.34 bits per heavy atom. The summed E-state index contributed by atoms with van der Waals surface area (Å²) in [5.41, 5.74) is 2.68. The summed E-state index contributed by atoms with van der Waals surface area (Å²) < 4.78 is 17.7. The van der Waals surface area contributed by atoms with E-state index in [1.165, 1.54) is 25.8 Å². The molecule has 0 unspecified atom stereocenters. The molecule has 3 aromatic rings. The van der Waals surface area contributed by atoms with Crippen molar-refractivity contribution >= 4 is 24.4 Å². The first-order chi connectivity index (χ1) is 13.9. The fraction of sp³-hybridized carbons (Fsp3) is 0.200. The highest BCUT2D eigenvalue weighted by molar-refractivity contribution is 7.71. The zero-order valence-electron chi connectivity index (χ0n) is 16.4. The number of carbonyl (C=O) groups is 1. The molecule has 0 saturated heterocycles. The van der Waals surface area contributed by atoms with Crippen molar-refractivity contribution in [2.24, 2.45) is 5.10 Å². The summed E-state index contributed by atoms with van der Waals surface area (Å²) in [6.07, 6.45) is 1.59. The molecule has 2 aromatic carbocycles. The predicted molar refractivity (Wildman–Crippen MR) is 111 cm³/mol. The summed E-state index contributed by atoms with van der Waals surface area (Å²) in [5, 5.41) is 11.5. The van der Waals surface area contributed by atoms with Crippen molar-refractivity contribution in [3.05, 3.63) is 52.3 Å². The molecule has 0 aliphatic heterocycles. The Hall–Kier alpha value is -3.46. The van der Waals surface area contributed by atoms with E-state index in [0.717, 1.165) is 11.1 Å². The zero-order chi connectivity index (χ0) is 21.0. The topological polar surface area (TPSA) is 90.7 Å². The number of hydrogen-bond donors (Lipinski definition) is 1. The maximum Gasteiger partial charge on any atom is 0.308 e. The fourth-order valence-corrected chi connectivity index (χ4v) is 2.81. The van der Waals surface area contributed by atoms with E-state index in [9.17, 15) is 4.79 Å². The minimum atomic E-state index is -0.476. The molecule has 0 fully saturated rings. The predicted octanol–water partition coefficient (Wildman–Crippen LogP) is 3.74. The first-order valence-corrected chi connectivity index (χ1v) is 9.07. The molecular weight excluding hydrogens is 392 g/mol. The second-order valence-electron chi connectivity index (χ2n) is 6.12. The lowest BCUT2D eigenvalue weighted by Gasteiger charge is -2.13.